The van der Waals surface area contributed by atoms with Crippen molar-refractivity contribution < 1.29 is 48.0 Å². The lowest BCUT2D eigenvalue weighted by Crippen LogP contribution is -2.68. The summed E-state index contributed by atoms with van der Waals surface area (Å²) >= 11 is 0. The van der Waals surface area contributed by atoms with Crippen molar-refractivity contribution in [3.63, 3.8) is 0 Å². The van der Waals surface area contributed by atoms with Gasteiger partial charge in [0.05, 0.1) is 28.9 Å². The minimum absolute atomic E-state index is 0.143. The van der Waals surface area contributed by atoms with Gasteiger partial charge < -0.3 is 28.8 Å². The lowest BCUT2D eigenvalue weighted by molar-refractivity contribution is -0.335. The summed E-state index contributed by atoms with van der Waals surface area (Å²) in [5.41, 5.74) is 0.619. The summed E-state index contributed by atoms with van der Waals surface area (Å²) < 4.78 is 29.5. The maximum atomic E-state index is 13.5. The number of carbonyl (C=O) groups excluding carboxylic acids is 4. The molecule has 0 aliphatic carbocycles. The van der Waals surface area contributed by atoms with Crippen LogP contribution in [0.25, 0.3) is 0 Å². The summed E-state index contributed by atoms with van der Waals surface area (Å²) in [5.74, 6) is -5.51. The van der Waals surface area contributed by atoms with Crippen LogP contribution in [-0.4, -0.2) is 65.8 Å². The number of benzene rings is 4. The summed E-state index contributed by atoms with van der Waals surface area (Å²) in [5, 5.41) is 10.4. The van der Waals surface area contributed by atoms with E-state index in [0.29, 0.717) is 0 Å². The van der Waals surface area contributed by atoms with Crippen molar-refractivity contribution in [3.05, 3.63) is 144 Å². The Morgan fingerprint density at radius 3 is 1.33 bits per heavy atom. The van der Waals surface area contributed by atoms with Crippen LogP contribution in [0.1, 0.15) is 48.4 Å². The van der Waals surface area contributed by atoms with Gasteiger partial charge in [-0.25, -0.2) is 19.2 Å². The van der Waals surface area contributed by atoms with Gasteiger partial charge in [0.2, 0.25) is 6.10 Å². The summed E-state index contributed by atoms with van der Waals surface area (Å²) in [7, 11) is 0. The molecule has 1 N–H and O–H groups in total. The number of rotatable bonds is 9. The van der Waals surface area contributed by atoms with E-state index in [0.717, 1.165) is 0 Å². The molecule has 0 radical (unpaired) electrons. The average molecular weight is 611 g/mol. The van der Waals surface area contributed by atoms with Crippen LogP contribution in [0.15, 0.2) is 121 Å². The number of carbonyl (C=O) groups is 4. The molecule has 0 saturated carbocycles. The Kier molecular flexibility index (Phi) is 9.67. The fourth-order valence-corrected chi connectivity index (χ4v) is 4.89. The molecule has 0 amide bonds. The molecule has 0 bridgehead atoms. The van der Waals surface area contributed by atoms with Crippen LogP contribution in [0, 0.1) is 0 Å². The van der Waals surface area contributed by atoms with E-state index < -0.39 is 60.7 Å². The number of esters is 4. The molecule has 4 aromatic rings. The summed E-state index contributed by atoms with van der Waals surface area (Å²) in [6, 6.07) is 32.0. The van der Waals surface area contributed by atoms with Crippen LogP contribution in [0.4, 0.5) is 0 Å². The quantitative estimate of drug-likeness (QED) is 0.211. The number of ether oxygens (including phenoxy) is 5. The first-order chi connectivity index (χ1) is 21.8. The predicted octanol–water partition coefficient (Wildman–Crippen LogP) is 4.63. The molecule has 4 aromatic carbocycles. The maximum Gasteiger partial charge on any atom is 0.340 e. The van der Waals surface area contributed by atoms with Gasteiger partial charge in [-0.05, 0) is 48.5 Å². The predicted molar refractivity (Wildman–Crippen MR) is 159 cm³/mol. The van der Waals surface area contributed by atoms with E-state index in [1.807, 2.05) is 0 Å². The van der Waals surface area contributed by atoms with Gasteiger partial charge in [0.1, 0.15) is 6.10 Å². The molecular weight excluding hydrogens is 580 g/mol. The Morgan fingerprint density at radius 1 is 0.578 bits per heavy atom. The number of aliphatic hydroxyl groups is 1. The SMILES string of the molecule is C[C@]1(OC(=O)c2ccccc2)O[C@H](CO)[C@H](OC(=O)c2ccccc2)[C@H](OC(=O)c2ccccc2)[C@H]1OC(=O)c1ccccc1. The summed E-state index contributed by atoms with van der Waals surface area (Å²) in [4.78, 5) is 53.5. The second-order valence-corrected chi connectivity index (χ2v) is 10.3. The Labute approximate surface area is 259 Å². The van der Waals surface area contributed by atoms with Gasteiger partial charge in [-0.15, -0.1) is 0 Å². The number of hydrogen-bond donors (Lipinski definition) is 1. The fraction of sp³-hybridized carbons (Fsp3) is 0.200. The smallest absolute Gasteiger partial charge is 0.340 e. The Morgan fingerprint density at radius 2 is 0.933 bits per heavy atom. The summed E-state index contributed by atoms with van der Waals surface area (Å²) in [6.45, 7) is 0.571. The van der Waals surface area contributed by atoms with Crippen molar-refractivity contribution in [1.82, 2.24) is 0 Å². The van der Waals surface area contributed by atoms with E-state index in [1.165, 1.54) is 55.5 Å². The van der Waals surface area contributed by atoms with Crippen LogP contribution in [0.5, 0.6) is 0 Å². The molecule has 10 heteroatoms. The monoisotopic (exact) mass is 610 g/mol. The molecule has 10 nitrogen and oxygen atoms in total. The highest BCUT2D eigenvalue weighted by molar-refractivity contribution is 5.92. The van der Waals surface area contributed by atoms with E-state index in [-0.39, 0.29) is 22.3 Å². The second-order valence-electron chi connectivity index (χ2n) is 10.3. The minimum Gasteiger partial charge on any atom is -0.452 e. The normalized spacial score (nSPS) is 22.4. The Balaban J connectivity index is 1.58. The van der Waals surface area contributed by atoms with E-state index >= 15 is 0 Å². The van der Waals surface area contributed by atoms with E-state index in [4.69, 9.17) is 23.7 Å². The molecule has 1 aliphatic rings. The van der Waals surface area contributed by atoms with Crippen LogP contribution in [-0.2, 0) is 23.7 Å². The molecule has 0 spiro atoms. The molecule has 1 saturated heterocycles. The third-order valence-electron chi connectivity index (χ3n) is 7.12. The number of aliphatic hydroxyl groups excluding tert-OH is 1. The molecule has 5 rings (SSSR count). The lowest BCUT2D eigenvalue weighted by Gasteiger charge is -2.48. The van der Waals surface area contributed by atoms with Gasteiger partial charge >= 0.3 is 23.9 Å². The molecule has 5 atom stereocenters. The average Bonchev–Trinajstić information content (AvgIpc) is 3.08. The zero-order valence-electron chi connectivity index (χ0n) is 24.2. The van der Waals surface area contributed by atoms with Crippen molar-refractivity contribution in [1.29, 1.82) is 0 Å². The maximum absolute atomic E-state index is 13.5. The van der Waals surface area contributed by atoms with Crippen LogP contribution in [0.2, 0.25) is 0 Å². The van der Waals surface area contributed by atoms with Crippen molar-refractivity contribution in [2.24, 2.45) is 0 Å². The van der Waals surface area contributed by atoms with Crippen molar-refractivity contribution in [3.8, 4) is 0 Å². The molecule has 1 aliphatic heterocycles. The van der Waals surface area contributed by atoms with Crippen LogP contribution >= 0.6 is 0 Å². The first-order valence-corrected chi connectivity index (χ1v) is 14.1. The third-order valence-corrected chi connectivity index (χ3v) is 7.12. The molecule has 1 fully saturated rings. The third kappa shape index (κ3) is 7.26. The summed E-state index contributed by atoms with van der Waals surface area (Å²) in [6.07, 6.45) is -6.18. The van der Waals surface area contributed by atoms with E-state index in [2.05, 4.69) is 0 Å². The fourth-order valence-electron chi connectivity index (χ4n) is 4.89. The van der Waals surface area contributed by atoms with E-state index in [9.17, 15) is 24.3 Å². The van der Waals surface area contributed by atoms with Crippen molar-refractivity contribution in [2.75, 3.05) is 6.61 Å². The van der Waals surface area contributed by atoms with Gasteiger partial charge in [0.15, 0.2) is 12.2 Å². The largest absolute Gasteiger partial charge is 0.452 e. The van der Waals surface area contributed by atoms with Gasteiger partial charge in [-0.1, -0.05) is 72.8 Å². The van der Waals surface area contributed by atoms with Gasteiger partial charge in [-0.3, -0.25) is 0 Å². The van der Waals surface area contributed by atoms with Gasteiger partial charge in [0.25, 0.3) is 5.79 Å². The molecule has 0 aromatic heterocycles. The molecule has 1 heterocycles. The zero-order chi connectivity index (χ0) is 31.8. The molecule has 45 heavy (non-hydrogen) atoms. The highest BCUT2D eigenvalue weighted by Gasteiger charge is 2.60. The highest BCUT2D eigenvalue weighted by Crippen LogP contribution is 2.38. The molecule has 230 valence electrons. The lowest BCUT2D eigenvalue weighted by atomic mass is 9.92. The Bertz CT molecular complexity index is 1610. The standard InChI is InChI=1S/C35H30O10/c1-35(45-34(40)26-20-12-5-13-21-26)30(43-33(39)25-18-10-4-11-19-25)29(42-32(38)24-16-8-3-9-17-24)28(27(22-36)44-35)41-31(37)23-14-6-2-7-15-23/h2-21,27-30,36H,22H2,1H3/t27-,28+,29+,30-,35-/m1/s1. The van der Waals surface area contributed by atoms with Crippen molar-refractivity contribution in [2.45, 2.75) is 37.1 Å². The first-order valence-electron chi connectivity index (χ1n) is 14.1. The van der Waals surface area contributed by atoms with E-state index in [1.54, 1.807) is 72.8 Å². The molecular formula is C35H30O10. The number of hydrogen-bond acceptors (Lipinski definition) is 10. The van der Waals surface area contributed by atoms with Crippen LogP contribution < -0.4 is 0 Å². The Hall–Kier alpha value is -5.32. The van der Waals surface area contributed by atoms with Crippen molar-refractivity contribution >= 4 is 23.9 Å². The zero-order valence-corrected chi connectivity index (χ0v) is 24.2. The minimum atomic E-state index is -2.14. The van der Waals surface area contributed by atoms with Gasteiger partial charge in [0, 0.05) is 6.92 Å². The molecule has 0 unspecified atom stereocenters. The topological polar surface area (TPSA) is 135 Å². The van der Waals surface area contributed by atoms with Crippen LogP contribution in [0.3, 0.4) is 0 Å². The first kappa shape index (κ1) is 31.1. The van der Waals surface area contributed by atoms with Gasteiger partial charge in [-0.2, -0.15) is 0 Å². The highest BCUT2D eigenvalue weighted by atomic mass is 16.8. The second kappa shape index (κ2) is 14.0.